The maximum Gasteiger partial charge on any atom is 0.345 e. The van der Waals surface area contributed by atoms with Gasteiger partial charge in [-0.2, -0.15) is 5.06 Å². The van der Waals surface area contributed by atoms with Crippen LogP contribution in [0.4, 0.5) is 10.5 Å². The molecule has 7 heteroatoms. The van der Waals surface area contributed by atoms with Crippen molar-refractivity contribution < 1.29 is 18.4 Å². The van der Waals surface area contributed by atoms with Gasteiger partial charge in [-0.05, 0) is 31.2 Å². The predicted molar refractivity (Wildman–Crippen MR) is 62.9 cm³/mol. The molecule has 1 aromatic carbocycles. The van der Waals surface area contributed by atoms with Crippen molar-refractivity contribution in [3.8, 4) is 0 Å². The summed E-state index contributed by atoms with van der Waals surface area (Å²) >= 11 is 0. The Kier molecular flexibility index (Phi) is 4.08. The number of hydrogen-bond acceptors (Lipinski definition) is 4. The number of urea groups is 1. The van der Waals surface area contributed by atoms with Crippen LogP contribution in [0.2, 0.25) is 0 Å². The lowest BCUT2D eigenvalue weighted by atomic mass is 10.3. The number of nitrogens with one attached hydrogen (secondary N) is 1. The maximum absolute atomic E-state index is 11.3. The van der Waals surface area contributed by atoms with E-state index >= 15 is 0 Å². The molecule has 0 aliphatic carbocycles. The number of hydroxylamine groups is 1. The summed E-state index contributed by atoms with van der Waals surface area (Å²) < 4.78 is 22.4. The maximum atomic E-state index is 11.3. The molecule has 0 bridgehead atoms. The van der Waals surface area contributed by atoms with Gasteiger partial charge in [0.2, 0.25) is 0 Å². The van der Waals surface area contributed by atoms with Crippen molar-refractivity contribution in [1.29, 1.82) is 0 Å². The second-order valence-electron chi connectivity index (χ2n) is 3.41. The third-order valence-corrected chi connectivity index (χ3v) is 3.16. The molecular weight excluding hydrogens is 244 g/mol. The molecule has 2 amide bonds. The van der Waals surface area contributed by atoms with Crippen molar-refractivity contribution in [3.05, 3.63) is 24.3 Å². The first-order valence-corrected chi connectivity index (χ1v) is 6.82. The van der Waals surface area contributed by atoms with Crippen LogP contribution in [0.25, 0.3) is 0 Å². The number of amides is 2. The molecule has 17 heavy (non-hydrogen) atoms. The lowest BCUT2D eigenvalue weighted by Crippen LogP contribution is -2.37. The zero-order chi connectivity index (χ0) is 13.1. The van der Waals surface area contributed by atoms with Crippen LogP contribution in [0.5, 0.6) is 0 Å². The lowest BCUT2D eigenvalue weighted by molar-refractivity contribution is 0.205. The van der Waals surface area contributed by atoms with Crippen molar-refractivity contribution in [1.82, 2.24) is 5.32 Å². The molecule has 0 radical (unpaired) electrons. The summed E-state index contributed by atoms with van der Waals surface area (Å²) in [7, 11) is -3.28. The number of anilines is 1. The summed E-state index contributed by atoms with van der Waals surface area (Å²) in [6.45, 7) is 2.11. The second-order valence-corrected chi connectivity index (χ2v) is 5.43. The fourth-order valence-corrected chi connectivity index (χ4v) is 1.81. The molecule has 0 unspecified atom stereocenters. The lowest BCUT2D eigenvalue weighted by Gasteiger charge is -2.15. The molecule has 0 saturated heterocycles. The molecule has 1 rings (SSSR count). The van der Waals surface area contributed by atoms with Crippen LogP contribution in [0, 0.1) is 0 Å². The van der Waals surface area contributed by atoms with Gasteiger partial charge in [-0.15, -0.1) is 0 Å². The Labute approximate surface area is 99.7 Å². The van der Waals surface area contributed by atoms with Crippen molar-refractivity contribution in [2.75, 3.05) is 17.9 Å². The third kappa shape index (κ3) is 3.43. The van der Waals surface area contributed by atoms with Crippen LogP contribution >= 0.6 is 0 Å². The van der Waals surface area contributed by atoms with Gasteiger partial charge >= 0.3 is 6.03 Å². The smallest absolute Gasteiger partial charge is 0.336 e. The van der Waals surface area contributed by atoms with E-state index in [4.69, 9.17) is 0 Å². The Morgan fingerprint density at radius 3 is 2.29 bits per heavy atom. The minimum atomic E-state index is -3.28. The molecule has 1 aromatic rings. The summed E-state index contributed by atoms with van der Waals surface area (Å²) in [5.41, 5.74) is 0.198. The molecule has 0 aliphatic heterocycles. The summed E-state index contributed by atoms with van der Waals surface area (Å²) in [6, 6.07) is 4.69. The van der Waals surface area contributed by atoms with Crippen molar-refractivity contribution in [2.45, 2.75) is 11.8 Å². The molecule has 0 aromatic heterocycles. The van der Waals surface area contributed by atoms with E-state index in [1.165, 1.54) is 24.3 Å². The average Bonchev–Trinajstić information content (AvgIpc) is 2.27. The molecule has 0 atom stereocenters. The largest absolute Gasteiger partial charge is 0.345 e. The molecular formula is C10H14N2O4S. The SMILES string of the molecule is CCNC(=O)N(O)c1ccc(S(C)(=O)=O)cc1. The van der Waals surface area contributed by atoms with E-state index in [1.807, 2.05) is 0 Å². The summed E-state index contributed by atoms with van der Waals surface area (Å²) in [5, 5.41) is 12.3. The van der Waals surface area contributed by atoms with Crippen LogP contribution < -0.4 is 10.4 Å². The van der Waals surface area contributed by atoms with Crippen molar-refractivity contribution in [2.24, 2.45) is 0 Å². The molecule has 0 saturated carbocycles. The highest BCUT2D eigenvalue weighted by Gasteiger charge is 2.13. The van der Waals surface area contributed by atoms with Crippen LogP contribution in [0.1, 0.15) is 6.92 Å². The second kappa shape index (κ2) is 5.15. The zero-order valence-corrected chi connectivity index (χ0v) is 10.4. The van der Waals surface area contributed by atoms with E-state index in [1.54, 1.807) is 6.92 Å². The highest BCUT2D eigenvalue weighted by Crippen LogP contribution is 2.16. The van der Waals surface area contributed by atoms with Crippen LogP contribution in [0.3, 0.4) is 0 Å². The summed E-state index contributed by atoms with van der Waals surface area (Å²) in [6.07, 6.45) is 1.09. The fraction of sp³-hybridized carbons (Fsp3) is 0.300. The number of carbonyl (C=O) groups excluding carboxylic acids is 1. The molecule has 0 fully saturated rings. The number of sulfone groups is 1. The Morgan fingerprint density at radius 2 is 1.88 bits per heavy atom. The van der Waals surface area contributed by atoms with E-state index < -0.39 is 15.9 Å². The highest BCUT2D eigenvalue weighted by molar-refractivity contribution is 7.90. The fourth-order valence-electron chi connectivity index (χ4n) is 1.18. The minimum absolute atomic E-state index is 0.130. The molecule has 0 spiro atoms. The van der Waals surface area contributed by atoms with E-state index in [2.05, 4.69) is 5.32 Å². The van der Waals surface area contributed by atoms with Crippen LogP contribution in [-0.2, 0) is 9.84 Å². The Morgan fingerprint density at radius 1 is 1.35 bits per heavy atom. The van der Waals surface area contributed by atoms with E-state index in [-0.39, 0.29) is 10.6 Å². The number of benzene rings is 1. The standard InChI is InChI=1S/C10H14N2O4S/c1-3-11-10(13)12(14)8-4-6-9(7-5-8)17(2,15)16/h4-7,14H,3H2,1-2H3,(H,11,13). The first kappa shape index (κ1) is 13.5. The number of carbonyl (C=O) groups is 1. The zero-order valence-electron chi connectivity index (χ0n) is 9.54. The first-order valence-electron chi connectivity index (χ1n) is 4.93. The van der Waals surface area contributed by atoms with Gasteiger partial charge in [-0.3, -0.25) is 5.21 Å². The Hall–Kier alpha value is -1.60. The predicted octanol–water partition coefficient (Wildman–Crippen LogP) is 1.02. The van der Waals surface area contributed by atoms with Gasteiger partial charge in [0, 0.05) is 12.8 Å². The first-order chi connectivity index (χ1) is 7.86. The summed E-state index contributed by atoms with van der Waals surface area (Å²) in [5.74, 6) is 0. The highest BCUT2D eigenvalue weighted by atomic mass is 32.2. The molecule has 0 heterocycles. The van der Waals surface area contributed by atoms with E-state index in [0.717, 1.165) is 6.26 Å². The van der Waals surface area contributed by atoms with E-state index in [9.17, 15) is 18.4 Å². The number of rotatable bonds is 3. The Balaban J connectivity index is 2.92. The molecule has 94 valence electrons. The summed E-state index contributed by atoms with van der Waals surface area (Å²) in [4.78, 5) is 11.4. The van der Waals surface area contributed by atoms with Gasteiger partial charge in [0.25, 0.3) is 0 Å². The monoisotopic (exact) mass is 258 g/mol. The number of nitrogens with zero attached hydrogens (tertiary/aromatic N) is 1. The molecule has 2 N–H and O–H groups in total. The van der Waals surface area contributed by atoms with Gasteiger partial charge in [0.15, 0.2) is 9.84 Å². The van der Waals surface area contributed by atoms with Gasteiger partial charge < -0.3 is 5.32 Å². The Bertz CT molecular complexity index is 496. The molecule has 6 nitrogen and oxygen atoms in total. The minimum Gasteiger partial charge on any atom is -0.336 e. The van der Waals surface area contributed by atoms with Gasteiger partial charge in [-0.1, -0.05) is 0 Å². The quantitative estimate of drug-likeness (QED) is 0.626. The van der Waals surface area contributed by atoms with Crippen LogP contribution in [-0.4, -0.2) is 32.5 Å². The van der Waals surface area contributed by atoms with Crippen LogP contribution in [0.15, 0.2) is 29.2 Å². The topological polar surface area (TPSA) is 86.7 Å². The third-order valence-electron chi connectivity index (χ3n) is 2.03. The van der Waals surface area contributed by atoms with Gasteiger partial charge in [0.1, 0.15) is 0 Å². The van der Waals surface area contributed by atoms with Gasteiger partial charge in [0.05, 0.1) is 10.6 Å². The van der Waals surface area contributed by atoms with Crippen molar-refractivity contribution >= 4 is 21.6 Å². The van der Waals surface area contributed by atoms with Crippen molar-refractivity contribution in [3.63, 3.8) is 0 Å². The van der Waals surface area contributed by atoms with E-state index in [0.29, 0.717) is 11.6 Å². The number of hydrogen-bond donors (Lipinski definition) is 2. The normalized spacial score (nSPS) is 11.0. The average molecular weight is 258 g/mol. The molecule has 0 aliphatic rings. The van der Waals surface area contributed by atoms with Gasteiger partial charge in [-0.25, -0.2) is 13.2 Å².